The molecule has 0 aliphatic rings. The first-order valence-corrected chi connectivity index (χ1v) is 3.28. The molecular formula is H4CaMoO4PZn. The van der Waals surface area contributed by atoms with Gasteiger partial charge in [-0.1, -0.05) is 0 Å². The summed E-state index contributed by atoms with van der Waals surface area (Å²) in [5, 5.41) is 0. The SMILES string of the molecule is O=P(O)(O)[O][Mo].[CaH2].[Zn]. The Hall–Kier alpha value is 2.68. The molecule has 0 aromatic rings. The topological polar surface area (TPSA) is 66.8 Å². The van der Waals surface area contributed by atoms with Crippen LogP contribution in [0.3, 0.4) is 0 Å². The maximum absolute atomic E-state index is 9.47. The van der Waals surface area contributed by atoms with E-state index in [-0.39, 0.29) is 57.2 Å². The van der Waals surface area contributed by atoms with Crippen molar-refractivity contribution in [2.75, 3.05) is 0 Å². The van der Waals surface area contributed by atoms with Crippen LogP contribution in [0.5, 0.6) is 0 Å². The van der Waals surface area contributed by atoms with E-state index < -0.39 is 7.82 Å². The Morgan fingerprint density at radius 3 is 1.62 bits per heavy atom. The van der Waals surface area contributed by atoms with Crippen molar-refractivity contribution in [2.45, 2.75) is 0 Å². The van der Waals surface area contributed by atoms with Crippen LogP contribution >= 0.6 is 7.82 Å². The smallest absolute Gasteiger partial charge is 0 e. The minimum absolute atomic E-state index is 0. The van der Waals surface area contributed by atoms with Crippen LogP contribution in [0.4, 0.5) is 0 Å². The van der Waals surface area contributed by atoms with Crippen LogP contribution in [0.15, 0.2) is 0 Å². The van der Waals surface area contributed by atoms with Crippen LogP contribution in [0.1, 0.15) is 0 Å². The van der Waals surface area contributed by atoms with Crippen molar-refractivity contribution in [1.29, 1.82) is 0 Å². The van der Waals surface area contributed by atoms with E-state index in [0.29, 0.717) is 0 Å². The average molecular weight is 300 g/mol. The molecule has 2 N–H and O–H groups in total. The molecule has 0 heterocycles. The van der Waals surface area contributed by atoms with E-state index >= 15 is 0 Å². The minimum Gasteiger partial charge on any atom is 0 e. The van der Waals surface area contributed by atoms with E-state index in [0.717, 1.165) is 20.2 Å². The summed E-state index contributed by atoms with van der Waals surface area (Å²) in [4.78, 5) is 15.4. The summed E-state index contributed by atoms with van der Waals surface area (Å²) >= 11 is 0.883. The number of rotatable bonds is 1. The Bertz CT molecular complexity index is 80.1. The number of hydrogen-bond acceptors (Lipinski definition) is 2. The molecule has 0 aliphatic carbocycles. The molecule has 43 valence electrons. The second-order valence-corrected chi connectivity index (χ2v) is 2.79. The molecule has 0 spiro atoms. The Labute approximate surface area is 101 Å². The molecule has 0 atom stereocenters. The third-order valence-corrected chi connectivity index (χ3v) is 1.72. The van der Waals surface area contributed by atoms with Crippen molar-refractivity contribution in [3.8, 4) is 0 Å². The first-order chi connectivity index (χ1) is 2.56. The van der Waals surface area contributed by atoms with Crippen molar-refractivity contribution >= 4 is 45.6 Å². The minimum atomic E-state index is -4.14. The zero-order chi connectivity index (χ0) is 5.21. The van der Waals surface area contributed by atoms with E-state index in [1.54, 1.807) is 0 Å². The predicted molar refractivity (Wildman–Crippen MR) is 21.7 cm³/mol. The Balaban J connectivity index is -0.000000125. The van der Waals surface area contributed by atoms with E-state index in [9.17, 15) is 4.57 Å². The van der Waals surface area contributed by atoms with Gasteiger partial charge in [0.1, 0.15) is 0 Å². The fourth-order valence-corrected chi connectivity index (χ4v) is 0. The Morgan fingerprint density at radius 1 is 1.50 bits per heavy atom. The molecule has 8 heavy (non-hydrogen) atoms. The van der Waals surface area contributed by atoms with Crippen LogP contribution in [0.25, 0.3) is 0 Å². The van der Waals surface area contributed by atoms with Gasteiger partial charge in [-0.2, -0.15) is 0 Å². The van der Waals surface area contributed by atoms with Crippen LogP contribution in [0, 0.1) is 0 Å². The molecule has 0 aromatic heterocycles. The van der Waals surface area contributed by atoms with Gasteiger partial charge in [-0.15, -0.1) is 0 Å². The van der Waals surface area contributed by atoms with Gasteiger partial charge in [0.05, 0.1) is 0 Å². The van der Waals surface area contributed by atoms with Crippen molar-refractivity contribution in [3.05, 3.63) is 0 Å². The average Bonchev–Trinajstić information content (AvgIpc) is 1.35. The molecule has 4 nitrogen and oxygen atoms in total. The maximum Gasteiger partial charge on any atom is 0 e. The van der Waals surface area contributed by atoms with Crippen LogP contribution < -0.4 is 0 Å². The number of phosphoric acid groups is 1. The summed E-state index contributed by atoms with van der Waals surface area (Å²) in [7, 11) is -4.14. The monoisotopic (exact) mass is 301 g/mol. The fourth-order valence-electron chi connectivity index (χ4n) is 0. The number of hydrogen-bond donors (Lipinski definition) is 2. The van der Waals surface area contributed by atoms with E-state index in [1.807, 2.05) is 0 Å². The maximum atomic E-state index is 9.47. The standard InChI is InChI=1S/Ca.Mo.H3O4P.Zn.2H/c;;1-5(2,3)4;;;/h;;(H3,1,2,3,4);;;/q;+1;;;;/p-1. The summed E-state index contributed by atoms with van der Waals surface area (Å²) in [5.74, 6) is 0. The van der Waals surface area contributed by atoms with Crippen molar-refractivity contribution in [1.82, 2.24) is 0 Å². The van der Waals surface area contributed by atoms with Gasteiger partial charge in [0.25, 0.3) is 0 Å². The molecular weight excluding hydrogens is 296 g/mol. The molecule has 0 unspecified atom stereocenters. The van der Waals surface area contributed by atoms with Crippen molar-refractivity contribution < 1.29 is 57.2 Å². The zero-order valence-corrected chi connectivity index (χ0v) is 9.14. The second-order valence-electron chi connectivity index (χ2n) is 0.565. The quantitative estimate of drug-likeness (QED) is 0.464. The molecule has 0 amide bonds. The largest absolute Gasteiger partial charge is 0 e. The first kappa shape index (κ1) is 17.0. The van der Waals surface area contributed by atoms with Gasteiger partial charge in [-0.3, -0.25) is 0 Å². The molecule has 0 bridgehead atoms. The normalized spacial score (nSPS) is 8.75. The molecule has 0 radical (unpaired) electrons. The fraction of sp³-hybridized carbons (Fsp3) is 0. The molecule has 0 aliphatic heterocycles. The third-order valence-electron chi connectivity index (χ3n) is 0.0971. The van der Waals surface area contributed by atoms with Gasteiger partial charge >= 0.3 is 83.3 Å². The van der Waals surface area contributed by atoms with Gasteiger partial charge in [-0.05, 0) is 0 Å². The molecule has 0 fully saturated rings. The van der Waals surface area contributed by atoms with E-state index in [4.69, 9.17) is 9.79 Å². The zero-order valence-electron chi connectivity index (χ0n) is 3.27. The molecule has 0 aromatic carbocycles. The third kappa shape index (κ3) is 15.9. The summed E-state index contributed by atoms with van der Waals surface area (Å²) in [6.45, 7) is 0. The molecule has 0 saturated carbocycles. The Morgan fingerprint density at radius 2 is 1.62 bits per heavy atom. The molecule has 0 saturated heterocycles. The van der Waals surface area contributed by atoms with Gasteiger partial charge < -0.3 is 0 Å². The van der Waals surface area contributed by atoms with Crippen molar-refractivity contribution in [2.24, 2.45) is 0 Å². The first-order valence-electron chi connectivity index (χ1n) is 0.932. The molecule has 8 heteroatoms. The Kier molecular flexibility index (Phi) is 16.5. The summed E-state index contributed by atoms with van der Waals surface area (Å²) in [5.41, 5.74) is 0. The van der Waals surface area contributed by atoms with Crippen molar-refractivity contribution in [3.63, 3.8) is 0 Å². The van der Waals surface area contributed by atoms with Gasteiger partial charge in [0.15, 0.2) is 0 Å². The van der Waals surface area contributed by atoms with Crippen LogP contribution in [0.2, 0.25) is 0 Å². The van der Waals surface area contributed by atoms with E-state index in [2.05, 4.69) is 3.18 Å². The molecule has 0 rings (SSSR count). The summed E-state index contributed by atoms with van der Waals surface area (Å²) in [6, 6.07) is 0. The predicted octanol–water partition coefficient (Wildman–Crippen LogP) is -1.36. The van der Waals surface area contributed by atoms with Gasteiger partial charge in [0.2, 0.25) is 0 Å². The van der Waals surface area contributed by atoms with Crippen LogP contribution in [-0.4, -0.2) is 47.5 Å². The van der Waals surface area contributed by atoms with E-state index in [1.165, 1.54) is 0 Å². The summed E-state index contributed by atoms with van der Waals surface area (Å²) < 4.78 is 13.1. The second kappa shape index (κ2) is 7.78. The van der Waals surface area contributed by atoms with Gasteiger partial charge in [0, 0.05) is 19.5 Å². The summed E-state index contributed by atoms with van der Waals surface area (Å²) in [6.07, 6.45) is 0. The van der Waals surface area contributed by atoms with Gasteiger partial charge in [-0.25, -0.2) is 0 Å². The van der Waals surface area contributed by atoms with Crippen LogP contribution in [-0.2, 0) is 47.4 Å².